The van der Waals surface area contributed by atoms with Gasteiger partial charge in [0, 0.05) is 6.42 Å². The number of β-amino-alcohol motifs (C(OH)–C–C–N with tert-alkyl or cyclic N) is 1. The lowest BCUT2D eigenvalue weighted by Gasteiger charge is -2.47. The van der Waals surface area contributed by atoms with Gasteiger partial charge in [0.1, 0.15) is 6.61 Å². The third-order valence-electron chi connectivity index (χ3n) is 4.96. The van der Waals surface area contributed by atoms with Crippen molar-refractivity contribution in [2.75, 3.05) is 13.2 Å². The van der Waals surface area contributed by atoms with Crippen LogP contribution in [0.2, 0.25) is 13.1 Å². The minimum Gasteiger partial charge on any atom is -0.445 e. The van der Waals surface area contributed by atoms with Crippen LogP contribution in [0.5, 0.6) is 0 Å². The number of hydrogen-bond acceptors (Lipinski definition) is 4. The molecule has 0 saturated carbocycles. The van der Waals surface area contributed by atoms with E-state index in [2.05, 4.69) is 33.9 Å². The minimum absolute atomic E-state index is 0.228. The van der Waals surface area contributed by atoms with Crippen molar-refractivity contribution in [3.05, 3.63) is 35.9 Å². The summed E-state index contributed by atoms with van der Waals surface area (Å²) in [6, 6.07) is 9.62. The van der Waals surface area contributed by atoms with Gasteiger partial charge in [-0.2, -0.15) is 0 Å². The van der Waals surface area contributed by atoms with Crippen LogP contribution in [0, 0.1) is 5.41 Å². The third-order valence-corrected chi connectivity index (χ3v) is 5.79. The molecule has 0 radical (unpaired) electrons. The zero-order valence-corrected chi connectivity index (χ0v) is 17.1. The molecule has 1 aromatic rings. The first-order valence-electron chi connectivity index (χ1n) is 8.94. The van der Waals surface area contributed by atoms with E-state index in [0.717, 1.165) is 5.56 Å². The van der Waals surface area contributed by atoms with Crippen molar-refractivity contribution in [1.29, 1.82) is 0 Å². The summed E-state index contributed by atoms with van der Waals surface area (Å²) in [5.74, 6) is 0. The van der Waals surface area contributed by atoms with Gasteiger partial charge >= 0.3 is 6.09 Å². The highest BCUT2D eigenvalue weighted by molar-refractivity contribution is 6.48. The first-order valence-corrected chi connectivity index (χ1v) is 11.7. The van der Waals surface area contributed by atoms with Gasteiger partial charge in [-0.25, -0.2) is 4.79 Å². The van der Waals surface area contributed by atoms with E-state index >= 15 is 0 Å². The van der Waals surface area contributed by atoms with Crippen molar-refractivity contribution >= 4 is 15.1 Å². The summed E-state index contributed by atoms with van der Waals surface area (Å²) in [6.07, 6.45) is -0.428. The standard InChI is InChI=1S/C19H31NO4Si/c1-18(2,3)19(14-24-25(4)5)11-16(21)12-20(19)17(22)23-13-15-9-7-6-8-10-15/h6-10,16,21,25H,11-14H2,1-5H3/t16-,19-/m1/s1. The smallest absolute Gasteiger partial charge is 0.410 e. The van der Waals surface area contributed by atoms with E-state index < -0.39 is 20.7 Å². The number of carbonyl (C=O) groups excluding carboxylic acids is 1. The second-order valence-corrected chi connectivity index (χ2v) is 10.6. The van der Waals surface area contributed by atoms with Crippen LogP contribution in [0.1, 0.15) is 32.8 Å². The maximum absolute atomic E-state index is 12.8. The van der Waals surface area contributed by atoms with E-state index in [1.165, 1.54) is 0 Å². The zero-order valence-electron chi connectivity index (χ0n) is 16.0. The monoisotopic (exact) mass is 365 g/mol. The number of hydrogen-bond donors (Lipinski definition) is 1. The predicted molar refractivity (Wildman–Crippen MR) is 101 cm³/mol. The quantitative estimate of drug-likeness (QED) is 0.814. The molecule has 2 atom stereocenters. The molecule has 5 nitrogen and oxygen atoms in total. The van der Waals surface area contributed by atoms with Crippen LogP contribution in [-0.4, -0.2) is 49.9 Å². The number of amides is 1. The summed E-state index contributed by atoms with van der Waals surface area (Å²) in [6.45, 7) is 11.5. The number of rotatable bonds is 5. The fourth-order valence-electron chi connectivity index (χ4n) is 3.37. The fraction of sp³-hybridized carbons (Fsp3) is 0.632. The van der Waals surface area contributed by atoms with Gasteiger partial charge in [-0.05, 0) is 24.1 Å². The molecule has 0 spiro atoms. The highest BCUT2D eigenvalue weighted by Crippen LogP contribution is 2.44. The minimum atomic E-state index is -1.25. The zero-order chi connectivity index (χ0) is 18.7. The molecule has 0 unspecified atom stereocenters. The lowest BCUT2D eigenvalue weighted by atomic mass is 9.72. The van der Waals surface area contributed by atoms with Crippen molar-refractivity contribution in [2.24, 2.45) is 5.41 Å². The molecule has 0 bridgehead atoms. The number of aliphatic hydroxyl groups excluding tert-OH is 1. The molecule has 1 fully saturated rings. The number of carbonyl (C=O) groups is 1. The molecule has 6 heteroatoms. The average molecular weight is 366 g/mol. The Labute approximate surface area is 152 Å². The van der Waals surface area contributed by atoms with Crippen LogP contribution in [0.25, 0.3) is 0 Å². The van der Waals surface area contributed by atoms with Crippen LogP contribution < -0.4 is 0 Å². The highest BCUT2D eigenvalue weighted by atomic mass is 28.3. The number of nitrogens with zero attached hydrogens (tertiary/aromatic N) is 1. The highest BCUT2D eigenvalue weighted by Gasteiger charge is 2.55. The summed E-state index contributed by atoms with van der Waals surface area (Å²) in [7, 11) is -1.25. The van der Waals surface area contributed by atoms with Gasteiger partial charge in [-0.15, -0.1) is 0 Å². The summed E-state index contributed by atoms with van der Waals surface area (Å²) in [5.41, 5.74) is 0.152. The molecular formula is C19H31NO4Si. The maximum Gasteiger partial charge on any atom is 0.410 e. The van der Waals surface area contributed by atoms with Crippen LogP contribution in [0.3, 0.4) is 0 Å². The van der Waals surface area contributed by atoms with Gasteiger partial charge in [0.25, 0.3) is 0 Å². The molecule has 2 rings (SSSR count). The summed E-state index contributed by atoms with van der Waals surface area (Å²) in [5, 5.41) is 10.3. The first-order chi connectivity index (χ1) is 11.7. The number of aliphatic hydroxyl groups is 1. The first kappa shape index (κ1) is 19.9. The molecule has 1 aliphatic rings. The molecule has 0 aliphatic carbocycles. The Kier molecular flexibility index (Phi) is 6.29. The SMILES string of the molecule is C[SiH](C)OC[C@@]1(C(C)(C)C)C[C@@H](O)CN1C(=O)OCc1ccccc1. The average Bonchev–Trinajstić information content (AvgIpc) is 2.89. The molecule has 1 aromatic carbocycles. The Morgan fingerprint density at radius 1 is 1.32 bits per heavy atom. The van der Waals surface area contributed by atoms with Crippen LogP contribution in [0.4, 0.5) is 4.79 Å². The number of likely N-dealkylation sites (tertiary alicyclic amines) is 1. The number of ether oxygens (including phenoxy) is 1. The molecule has 1 heterocycles. The van der Waals surface area contributed by atoms with Crippen LogP contribution in [0.15, 0.2) is 30.3 Å². The predicted octanol–water partition coefficient (Wildman–Crippen LogP) is 3.17. The van der Waals surface area contributed by atoms with E-state index in [0.29, 0.717) is 13.0 Å². The van der Waals surface area contributed by atoms with Crippen LogP contribution >= 0.6 is 0 Å². The Morgan fingerprint density at radius 2 is 1.96 bits per heavy atom. The topological polar surface area (TPSA) is 59.0 Å². The van der Waals surface area contributed by atoms with Crippen molar-refractivity contribution < 1.29 is 19.1 Å². The molecule has 25 heavy (non-hydrogen) atoms. The molecular weight excluding hydrogens is 334 g/mol. The van der Waals surface area contributed by atoms with Gasteiger partial charge in [0.15, 0.2) is 9.04 Å². The van der Waals surface area contributed by atoms with E-state index in [9.17, 15) is 9.90 Å². The second-order valence-electron chi connectivity index (χ2n) is 8.15. The molecule has 1 amide bonds. The normalized spacial score (nSPS) is 24.0. The van der Waals surface area contributed by atoms with E-state index in [1.807, 2.05) is 30.3 Å². The summed E-state index contributed by atoms with van der Waals surface area (Å²) < 4.78 is 11.6. The molecule has 1 aliphatic heterocycles. The van der Waals surface area contributed by atoms with E-state index in [-0.39, 0.29) is 24.7 Å². The van der Waals surface area contributed by atoms with Gasteiger partial charge in [0.05, 0.1) is 24.8 Å². The molecule has 0 aromatic heterocycles. The fourth-order valence-corrected chi connectivity index (χ4v) is 3.97. The summed E-state index contributed by atoms with van der Waals surface area (Å²) >= 11 is 0. The molecule has 1 saturated heterocycles. The van der Waals surface area contributed by atoms with Gasteiger partial charge in [-0.1, -0.05) is 51.1 Å². The van der Waals surface area contributed by atoms with E-state index in [1.54, 1.807) is 4.90 Å². The largest absolute Gasteiger partial charge is 0.445 e. The third kappa shape index (κ3) is 4.62. The van der Waals surface area contributed by atoms with Gasteiger partial charge in [-0.3, -0.25) is 4.90 Å². The Bertz CT molecular complexity index is 573. The van der Waals surface area contributed by atoms with Crippen molar-refractivity contribution in [1.82, 2.24) is 4.90 Å². The van der Waals surface area contributed by atoms with Crippen LogP contribution in [-0.2, 0) is 15.8 Å². The second kappa shape index (κ2) is 7.89. The van der Waals surface area contributed by atoms with Gasteiger partial charge < -0.3 is 14.3 Å². The van der Waals surface area contributed by atoms with Crippen molar-refractivity contribution in [3.8, 4) is 0 Å². The molecule has 140 valence electrons. The van der Waals surface area contributed by atoms with Gasteiger partial charge in [0.2, 0.25) is 0 Å². The lowest BCUT2D eigenvalue weighted by Crippen LogP contribution is -2.59. The van der Waals surface area contributed by atoms with Crippen molar-refractivity contribution in [2.45, 2.75) is 58.5 Å². The lowest BCUT2D eigenvalue weighted by molar-refractivity contribution is -0.0162. The maximum atomic E-state index is 12.8. The van der Waals surface area contributed by atoms with Crippen molar-refractivity contribution in [3.63, 3.8) is 0 Å². The summed E-state index contributed by atoms with van der Waals surface area (Å²) in [4.78, 5) is 14.5. The number of benzene rings is 1. The molecule has 1 N–H and O–H groups in total. The Morgan fingerprint density at radius 3 is 2.52 bits per heavy atom. The Hall–Kier alpha value is -1.37. The Balaban J connectivity index is 2.17. The van der Waals surface area contributed by atoms with E-state index in [4.69, 9.17) is 9.16 Å².